The lowest BCUT2D eigenvalue weighted by atomic mass is 10.1. The fourth-order valence-electron chi connectivity index (χ4n) is 2.66. The highest BCUT2D eigenvalue weighted by molar-refractivity contribution is 5.82. The van der Waals surface area contributed by atoms with Crippen LogP contribution in [0.25, 0.3) is 0 Å². The van der Waals surface area contributed by atoms with E-state index in [1.54, 1.807) is 18.2 Å². The smallest absolute Gasteiger partial charge is 0.236 e. The molecule has 1 saturated carbocycles. The van der Waals surface area contributed by atoms with Crippen LogP contribution in [0.5, 0.6) is 0 Å². The van der Waals surface area contributed by atoms with Crippen molar-refractivity contribution in [2.24, 2.45) is 5.73 Å². The van der Waals surface area contributed by atoms with Crippen molar-refractivity contribution in [1.82, 2.24) is 0 Å². The number of benzene rings is 1. The van der Waals surface area contributed by atoms with Crippen molar-refractivity contribution >= 4 is 17.3 Å². The van der Waals surface area contributed by atoms with Crippen LogP contribution in [0.2, 0.25) is 0 Å². The van der Waals surface area contributed by atoms with Gasteiger partial charge in [0.05, 0.1) is 29.6 Å². The fraction of sp³-hybridized carbons (Fsp3) is 0.429. The van der Waals surface area contributed by atoms with E-state index in [0.29, 0.717) is 11.3 Å². The van der Waals surface area contributed by atoms with Crippen molar-refractivity contribution in [2.75, 3.05) is 17.2 Å². The van der Waals surface area contributed by atoms with Gasteiger partial charge in [0.15, 0.2) is 0 Å². The molecule has 1 aromatic carbocycles. The third kappa shape index (κ3) is 2.97. The molecular weight excluding hydrogens is 240 g/mol. The molecule has 0 spiro atoms. The van der Waals surface area contributed by atoms with E-state index in [2.05, 4.69) is 6.07 Å². The van der Waals surface area contributed by atoms with Gasteiger partial charge in [0.2, 0.25) is 5.91 Å². The van der Waals surface area contributed by atoms with Gasteiger partial charge in [0, 0.05) is 6.04 Å². The number of rotatable bonds is 4. The van der Waals surface area contributed by atoms with Gasteiger partial charge in [-0.15, -0.1) is 0 Å². The Morgan fingerprint density at radius 3 is 2.68 bits per heavy atom. The largest absolute Gasteiger partial charge is 0.397 e. The molecule has 0 aliphatic heterocycles. The van der Waals surface area contributed by atoms with Crippen LogP contribution in [-0.4, -0.2) is 18.5 Å². The number of primary amides is 1. The highest BCUT2D eigenvalue weighted by Crippen LogP contribution is 2.32. The standard InChI is InChI=1S/C14H18N4O/c15-8-10-5-6-12(16)13(7-10)18(9-14(17)19)11-3-1-2-4-11/h5-7,11H,1-4,9,16H2,(H2,17,19). The van der Waals surface area contributed by atoms with Gasteiger partial charge in [-0.2, -0.15) is 5.26 Å². The molecule has 1 aliphatic rings. The van der Waals surface area contributed by atoms with E-state index in [-0.39, 0.29) is 18.5 Å². The number of nitriles is 1. The summed E-state index contributed by atoms with van der Waals surface area (Å²) in [5, 5.41) is 8.98. The molecule has 1 aliphatic carbocycles. The zero-order valence-electron chi connectivity index (χ0n) is 10.8. The molecule has 0 bridgehead atoms. The SMILES string of the molecule is N#Cc1ccc(N)c(N(CC(N)=O)C2CCCC2)c1. The summed E-state index contributed by atoms with van der Waals surface area (Å²) in [6.45, 7) is 0.143. The Morgan fingerprint density at radius 2 is 2.11 bits per heavy atom. The molecule has 5 nitrogen and oxygen atoms in total. The number of carbonyl (C=O) groups excluding carboxylic acids is 1. The number of nitrogen functional groups attached to an aromatic ring is 1. The van der Waals surface area contributed by atoms with Crippen LogP contribution >= 0.6 is 0 Å². The average molecular weight is 258 g/mol. The van der Waals surface area contributed by atoms with Gasteiger partial charge >= 0.3 is 0 Å². The molecule has 0 unspecified atom stereocenters. The second-order valence-corrected chi connectivity index (χ2v) is 4.92. The number of nitrogens with two attached hydrogens (primary N) is 2. The summed E-state index contributed by atoms with van der Waals surface area (Å²) in [7, 11) is 0. The molecule has 19 heavy (non-hydrogen) atoms. The van der Waals surface area contributed by atoms with Gasteiger partial charge in [-0.25, -0.2) is 0 Å². The van der Waals surface area contributed by atoms with Crippen molar-refractivity contribution in [3.8, 4) is 6.07 Å². The van der Waals surface area contributed by atoms with Crippen LogP contribution in [0.4, 0.5) is 11.4 Å². The molecule has 1 aromatic rings. The normalized spacial score (nSPS) is 15.1. The maximum absolute atomic E-state index is 11.3. The summed E-state index contributed by atoms with van der Waals surface area (Å²) in [4.78, 5) is 13.2. The summed E-state index contributed by atoms with van der Waals surface area (Å²) >= 11 is 0. The van der Waals surface area contributed by atoms with Gasteiger partial charge in [-0.3, -0.25) is 4.79 Å². The zero-order valence-corrected chi connectivity index (χ0v) is 10.8. The Labute approximate surface area is 112 Å². The molecule has 1 amide bonds. The highest BCUT2D eigenvalue weighted by atomic mass is 16.1. The Bertz CT molecular complexity index is 515. The summed E-state index contributed by atoms with van der Waals surface area (Å²) in [5.74, 6) is -0.381. The number of carbonyl (C=O) groups is 1. The molecule has 2 rings (SSSR count). The van der Waals surface area contributed by atoms with Crippen LogP contribution in [0.15, 0.2) is 18.2 Å². The maximum atomic E-state index is 11.3. The third-order valence-electron chi connectivity index (χ3n) is 3.56. The van der Waals surface area contributed by atoms with E-state index in [4.69, 9.17) is 16.7 Å². The first-order chi connectivity index (χ1) is 9.11. The van der Waals surface area contributed by atoms with E-state index in [1.165, 1.54) is 0 Å². The molecule has 4 N–H and O–H groups in total. The molecule has 1 fully saturated rings. The first kappa shape index (κ1) is 13.2. The molecule has 0 atom stereocenters. The van der Waals surface area contributed by atoms with Crippen molar-refractivity contribution in [2.45, 2.75) is 31.7 Å². The Hall–Kier alpha value is -2.22. The summed E-state index contributed by atoms with van der Waals surface area (Å²) in [6.07, 6.45) is 4.36. The predicted octanol–water partition coefficient (Wildman–Crippen LogP) is 1.37. The van der Waals surface area contributed by atoms with Crippen LogP contribution in [0, 0.1) is 11.3 Å². The summed E-state index contributed by atoms with van der Waals surface area (Å²) < 4.78 is 0. The first-order valence-electron chi connectivity index (χ1n) is 6.46. The number of amides is 1. The minimum atomic E-state index is -0.381. The van der Waals surface area contributed by atoms with Crippen molar-refractivity contribution < 1.29 is 4.79 Å². The second-order valence-electron chi connectivity index (χ2n) is 4.92. The van der Waals surface area contributed by atoms with E-state index in [1.807, 2.05) is 4.90 Å². The zero-order chi connectivity index (χ0) is 13.8. The Morgan fingerprint density at radius 1 is 1.42 bits per heavy atom. The minimum absolute atomic E-state index is 0.143. The lowest BCUT2D eigenvalue weighted by Crippen LogP contribution is -2.40. The topological polar surface area (TPSA) is 96.1 Å². The minimum Gasteiger partial charge on any atom is -0.397 e. The second kappa shape index (κ2) is 5.61. The number of anilines is 2. The van der Waals surface area contributed by atoms with Gasteiger partial charge in [-0.1, -0.05) is 12.8 Å². The molecule has 0 saturated heterocycles. The van der Waals surface area contributed by atoms with Crippen LogP contribution in [-0.2, 0) is 4.79 Å². The van der Waals surface area contributed by atoms with Gasteiger partial charge < -0.3 is 16.4 Å². The van der Waals surface area contributed by atoms with E-state index in [9.17, 15) is 4.79 Å². The number of nitrogens with zero attached hydrogens (tertiary/aromatic N) is 2. The average Bonchev–Trinajstić information content (AvgIpc) is 2.90. The van der Waals surface area contributed by atoms with Crippen LogP contribution < -0.4 is 16.4 Å². The first-order valence-corrected chi connectivity index (χ1v) is 6.46. The summed E-state index contributed by atoms with van der Waals surface area (Å²) in [6, 6.07) is 7.49. The Kier molecular flexibility index (Phi) is 3.91. The molecule has 100 valence electrons. The van der Waals surface area contributed by atoms with Crippen LogP contribution in [0.3, 0.4) is 0 Å². The number of hydrogen-bond acceptors (Lipinski definition) is 4. The predicted molar refractivity (Wildman–Crippen MR) is 74.4 cm³/mol. The Balaban J connectivity index is 2.36. The molecule has 0 heterocycles. The van der Waals surface area contributed by atoms with E-state index < -0.39 is 0 Å². The molecule has 0 radical (unpaired) electrons. The third-order valence-corrected chi connectivity index (χ3v) is 3.56. The quantitative estimate of drug-likeness (QED) is 0.797. The highest BCUT2D eigenvalue weighted by Gasteiger charge is 2.25. The lowest BCUT2D eigenvalue weighted by Gasteiger charge is -2.31. The molecular formula is C14H18N4O. The molecule has 5 heteroatoms. The van der Waals surface area contributed by atoms with E-state index in [0.717, 1.165) is 31.4 Å². The maximum Gasteiger partial charge on any atom is 0.236 e. The van der Waals surface area contributed by atoms with Crippen LogP contribution in [0.1, 0.15) is 31.2 Å². The van der Waals surface area contributed by atoms with E-state index >= 15 is 0 Å². The summed E-state index contributed by atoms with van der Waals surface area (Å²) in [5.41, 5.74) is 13.2. The monoisotopic (exact) mass is 258 g/mol. The fourth-order valence-corrected chi connectivity index (χ4v) is 2.66. The van der Waals surface area contributed by atoms with Crippen molar-refractivity contribution in [3.63, 3.8) is 0 Å². The van der Waals surface area contributed by atoms with Gasteiger partial charge in [0.1, 0.15) is 0 Å². The lowest BCUT2D eigenvalue weighted by molar-refractivity contribution is -0.116. The van der Waals surface area contributed by atoms with Crippen molar-refractivity contribution in [3.05, 3.63) is 23.8 Å². The van der Waals surface area contributed by atoms with Crippen molar-refractivity contribution in [1.29, 1.82) is 5.26 Å². The van der Waals surface area contributed by atoms with Gasteiger partial charge in [0.25, 0.3) is 0 Å². The van der Waals surface area contributed by atoms with Gasteiger partial charge in [-0.05, 0) is 31.0 Å². The number of hydrogen-bond donors (Lipinski definition) is 2. The molecule has 0 aromatic heterocycles.